The lowest BCUT2D eigenvalue weighted by Gasteiger charge is -2.24. The van der Waals surface area contributed by atoms with Gasteiger partial charge in [-0.1, -0.05) is 30.3 Å². The summed E-state index contributed by atoms with van der Waals surface area (Å²) in [5, 5.41) is 10.8. The third kappa shape index (κ3) is 5.21. The van der Waals surface area contributed by atoms with Crippen molar-refractivity contribution in [1.29, 1.82) is 5.26 Å². The van der Waals surface area contributed by atoms with Crippen LogP contribution in [0.3, 0.4) is 0 Å². The van der Waals surface area contributed by atoms with E-state index in [-0.39, 0.29) is 16.1 Å². The van der Waals surface area contributed by atoms with E-state index in [1.54, 1.807) is 17.5 Å². The molecule has 0 aliphatic carbocycles. The standard InChI is InChI=1S/C17H14F3N3O3S/c18-17(19,20)12-22-16(24)11-23(14-7-2-1-3-8-14)27(25,26)15-9-5-4-6-13(15)10-21/h1-9H,11-12H2,(H,22,24). The lowest BCUT2D eigenvalue weighted by Crippen LogP contribution is -2.43. The first kappa shape index (κ1) is 20.3. The van der Waals surface area contributed by atoms with E-state index in [2.05, 4.69) is 0 Å². The van der Waals surface area contributed by atoms with Gasteiger partial charge in [0.25, 0.3) is 10.0 Å². The lowest BCUT2D eigenvalue weighted by molar-refractivity contribution is -0.137. The Hall–Kier alpha value is -3.06. The van der Waals surface area contributed by atoms with E-state index in [4.69, 9.17) is 5.26 Å². The average Bonchev–Trinajstić information content (AvgIpc) is 2.64. The zero-order valence-electron chi connectivity index (χ0n) is 13.8. The Balaban J connectivity index is 2.42. The maximum atomic E-state index is 13.0. The van der Waals surface area contributed by atoms with E-state index >= 15 is 0 Å². The van der Waals surface area contributed by atoms with Crippen LogP contribution < -0.4 is 9.62 Å². The van der Waals surface area contributed by atoms with Gasteiger partial charge < -0.3 is 5.32 Å². The van der Waals surface area contributed by atoms with E-state index in [1.807, 2.05) is 0 Å². The number of anilines is 1. The maximum Gasteiger partial charge on any atom is 0.405 e. The summed E-state index contributed by atoms with van der Waals surface area (Å²) in [5.74, 6) is -1.13. The first-order valence-electron chi connectivity index (χ1n) is 7.55. The Kier molecular flexibility index (Phi) is 6.07. The first-order valence-corrected chi connectivity index (χ1v) is 8.99. The number of benzene rings is 2. The maximum absolute atomic E-state index is 13.0. The van der Waals surface area contributed by atoms with E-state index in [1.165, 1.54) is 48.5 Å². The number of nitrogens with one attached hydrogen (secondary N) is 1. The van der Waals surface area contributed by atoms with Gasteiger partial charge in [0, 0.05) is 0 Å². The van der Waals surface area contributed by atoms with Crippen molar-refractivity contribution in [3.8, 4) is 6.07 Å². The van der Waals surface area contributed by atoms with Crippen LogP contribution in [-0.4, -0.2) is 33.6 Å². The molecule has 0 aromatic heterocycles. The molecule has 0 heterocycles. The number of sulfonamides is 1. The van der Waals surface area contributed by atoms with Gasteiger partial charge in [0.15, 0.2) is 0 Å². The second kappa shape index (κ2) is 8.09. The zero-order valence-corrected chi connectivity index (χ0v) is 14.6. The SMILES string of the molecule is N#Cc1ccccc1S(=O)(=O)N(CC(=O)NCC(F)(F)F)c1ccccc1. The summed E-state index contributed by atoms with van der Waals surface area (Å²) in [4.78, 5) is 11.6. The number of carbonyl (C=O) groups excluding carboxylic acids is 1. The lowest BCUT2D eigenvalue weighted by atomic mass is 10.2. The molecule has 10 heteroatoms. The highest BCUT2D eigenvalue weighted by Gasteiger charge is 2.31. The third-order valence-corrected chi connectivity index (χ3v) is 5.22. The molecule has 0 fully saturated rings. The van der Waals surface area contributed by atoms with Gasteiger partial charge in [0.2, 0.25) is 5.91 Å². The number of hydrogen-bond acceptors (Lipinski definition) is 4. The molecule has 2 aromatic rings. The number of halogens is 3. The van der Waals surface area contributed by atoms with Crippen LogP contribution in [0.25, 0.3) is 0 Å². The minimum absolute atomic E-state index is 0.0763. The van der Waals surface area contributed by atoms with Crippen LogP contribution in [0.5, 0.6) is 0 Å². The van der Waals surface area contributed by atoms with Crippen LogP contribution in [0.4, 0.5) is 18.9 Å². The van der Waals surface area contributed by atoms with Crippen molar-refractivity contribution in [2.45, 2.75) is 11.1 Å². The molecule has 142 valence electrons. The summed E-state index contributed by atoms with van der Waals surface area (Å²) in [7, 11) is -4.38. The number of amides is 1. The van der Waals surface area contributed by atoms with Crippen molar-refractivity contribution in [3.63, 3.8) is 0 Å². The summed E-state index contributed by atoms with van der Waals surface area (Å²) in [6.45, 7) is -2.45. The minimum atomic E-state index is -4.63. The number of hydrogen-bond donors (Lipinski definition) is 1. The van der Waals surface area contributed by atoms with Gasteiger partial charge in [-0.3, -0.25) is 9.10 Å². The number of carbonyl (C=O) groups is 1. The predicted octanol–water partition coefficient (Wildman–Crippen LogP) is 2.43. The number of alkyl halides is 3. The summed E-state index contributed by atoms with van der Waals surface area (Å²) in [5.41, 5.74) is -0.0680. The number of nitrogens with zero attached hydrogens (tertiary/aromatic N) is 2. The van der Waals surface area contributed by atoms with E-state index < -0.39 is 35.2 Å². The van der Waals surface area contributed by atoms with Crippen LogP contribution >= 0.6 is 0 Å². The molecule has 0 unspecified atom stereocenters. The fourth-order valence-electron chi connectivity index (χ4n) is 2.20. The molecule has 0 saturated heterocycles. The van der Waals surface area contributed by atoms with Crippen LogP contribution in [0.15, 0.2) is 59.5 Å². The Morgan fingerprint density at radius 2 is 1.67 bits per heavy atom. The van der Waals surface area contributed by atoms with Crippen LogP contribution in [0, 0.1) is 11.3 Å². The van der Waals surface area contributed by atoms with E-state index in [9.17, 15) is 26.4 Å². The van der Waals surface area contributed by atoms with Gasteiger partial charge >= 0.3 is 6.18 Å². The molecule has 2 aromatic carbocycles. The van der Waals surface area contributed by atoms with Gasteiger partial charge in [-0.2, -0.15) is 18.4 Å². The van der Waals surface area contributed by atoms with E-state index in [0.29, 0.717) is 4.31 Å². The van der Waals surface area contributed by atoms with Crippen molar-refractivity contribution in [2.75, 3.05) is 17.4 Å². The predicted molar refractivity (Wildman–Crippen MR) is 91.2 cm³/mol. The highest BCUT2D eigenvalue weighted by atomic mass is 32.2. The van der Waals surface area contributed by atoms with Gasteiger partial charge in [-0.05, 0) is 24.3 Å². The van der Waals surface area contributed by atoms with Crippen LogP contribution in [0.1, 0.15) is 5.56 Å². The highest BCUT2D eigenvalue weighted by molar-refractivity contribution is 7.93. The number of nitriles is 1. The highest BCUT2D eigenvalue weighted by Crippen LogP contribution is 2.25. The second-order valence-electron chi connectivity index (χ2n) is 5.35. The fourth-order valence-corrected chi connectivity index (χ4v) is 3.76. The van der Waals surface area contributed by atoms with Gasteiger partial charge in [0.1, 0.15) is 24.1 Å². The Bertz CT molecular complexity index is 955. The quantitative estimate of drug-likeness (QED) is 0.811. The average molecular weight is 397 g/mol. The molecule has 1 N–H and O–H groups in total. The van der Waals surface area contributed by atoms with Crippen molar-refractivity contribution >= 4 is 21.6 Å². The topological polar surface area (TPSA) is 90.3 Å². The molecule has 0 atom stereocenters. The molecule has 0 saturated carbocycles. The summed E-state index contributed by atoms with van der Waals surface area (Å²) < 4.78 is 63.6. The second-order valence-corrected chi connectivity index (χ2v) is 7.18. The Labute approximate surface area is 153 Å². The smallest absolute Gasteiger partial charge is 0.345 e. The molecule has 0 bridgehead atoms. The normalized spacial score (nSPS) is 11.5. The van der Waals surface area contributed by atoms with Gasteiger partial charge in [-0.25, -0.2) is 8.42 Å². The summed E-state index contributed by atoms with van der Waals surface area (Å²) in [6, 6.07) is 14.5. The van der Waals surface area contributed by atoms with Crippen LogP contribution in [0.2, 0.25) is 0 Å². The fraction of sp³-hybridized carbons (Fsp3) is 0.176. The summed E-state index contributed by atoms with van der Waals surface area (Å²) >= 11 is 0. The summed E-state index contributed by atoms with van der Waals surface area (Å²) in [6.07, 6.45) is -4.63. The monoisotopic (exact) mass is 397 g/mol. The molecule has 1 amide bonds. The van der Waals surface area contributed by atoms with Gasteiger partial charge in [0.05, 0.1) is 11.3 Å². The van der Waals surface area contributed by atoms with Crippen molar-refractivity contribution in [1.82, 2.24) is 5.32 Å². The molecule has 27 heavy (non-hydrogen) atoms. The molecule has 6 nitrogen and oxygen atoms in total. The third-order valence-electron chi connectivity index (χ3n) is 3.39. The van der Waals surface area contributed by atoms with E-state index in [0.717, 1.165) is 0 Å². The molecular formula is C17H14F3N3O3S. The molecule has 0 aliphatic rings. The number of para-hydroxylation sites is 1. The Morgan fingerprint density at radius 1 is 1.07 bits per heavy atom. The zero-order chi connectivity index (χ0) is 20.1. The van der Waals surface area contributed by atoms with Crippen molar-refractivity contribution < 1.29 is 26.4 Å². The molecule has 0 aliphatic heterocycles. The molecule has 2 rings (SSSR count). The number of rotatable bonds is 6. The molecule has 0 radical (unpaired) electrons. The first-order chi connectivity index (χ1) is 12.6. The van der Waals surface area contributed by atoms with Crippen molar-refractivity contribution in [3.05, 3.63) is 60.2 Å². The molecule has 0 spiro atoms. The van der Waals surface area contributed by atoms with Crippen LogP contribution in [-0.2, 0) is 14.8 Å². The largest absolute Gasteiger partial charge is 0.405 e. The molecular weight excluding hydrogens is 383 g/mol. The Morgan fingerprint density at radius 3 is 2.26 bits per heavy atom. The van der Waals surface area contributed by atoms with Crippen molar-refractivity contribution in [2.24, 2.45) is 0 Å². The minimum Gasteiger partial charge on any atom is -0.345 e. The van der Waals surface area contributed by atoms with Gasteiger partial charge in [-0.15, -0.1) is 0 Å².